The van der Waals surface area contributed by atoms with Gasteiger partial charge in [-0.2, -0.15) is 0 Å². The topological polar surface area (TPSA) is 54.0 Å². The van der Waals surface area contributed by atoms with Gasteiger partial charge >= 0.3 is 0 Å². The predicted molar refractivity (Wildman–Crippen MR) is 89.4 cm³/mol. The number of aromatic nitrogens is 1. The highest BCUT2D eigenvalue weighted by atomic mass is 35.5. The lowest BCUT2D eigenvalue weighted by molar-refractivity contribution is 0.102. The summed E-state index contributed by atoms with van der Waals surface area (Å²) in [6.07, 6.45) is 0. The Kier molecular flexibility index (Phi) is 2.96. The maximum Gasteiger partial charge on any atom is 0.259 e. The van der Waals surface area contributed by atoms with Crippen molar-refractivity contribution in [1.29, 1.82) is 0 Å². The Bertz CT molecular complexity index is 940. The van der Waals surface area contributed by atoms with Gasteiger partial charge in [-0.05, 0) is 24.3 Å². The molecule has 2 aromatic carbocycles. The Morgan fingerprint density at radius 2 is 1.59 bits per heavy atom. The van der Waals surface area contributed by atoms with E-state index in [-0.39, 0.29) is 5.91 Å². The number of nitrogens with zero attached hydrogens (tertiary/aromatic N) is 1. The molecule has 1 aromatic heterocycles. The molecule has 0 fully saturated rings. The largest absolute Gasteiger partial charge is 0.338 e. The number of hydrogen-bond acceptors (Lipinski definition) is 3. The number of fused-ring (bicyclic) bond motifs is 3. The van der Waals surface area contributed by atoms with Crippen molar-refractivity contribution in [2.75, 3.05) is 10.6 Å². The Balaban J connectivity index is 1.94. The summed E-state index contributed by atoms with van der Waals surface area (Å²) in [5, 5.41) is 7.68. The number of carbonyl (C=O) groups excluding carboxylic acids is 1. The van der Waals surface area contributed by atoms with Crippen molar-refractivity contribution >= 4 is 57.2 Å². The molecule has 0 aliphatic carbocycles. The lowest BCUT2D eigenvalue weighted by Gasteiger charge is -2.09. The zero-order valence-electron chi connectivity index (χ0n) is 11.2. The summed E-state index contributed by atoms with van der Waals surface area (Å²) < 4.78 is 0. The van der Waals surface area contributed by atoms with Crippen LogP contribution < -0.4 is 10.6 Å². The third-order valence-corrected chi connectivity index (χ3v) is 4.25. The molecule has 1 amide bonds. The van der Waals surface area contributed by atoms with Gasteiger partial charge in [-0.3, -0.25) is 4.79 Å². The zero-order chi connectivity index (χ0) is 15.3. The molecular formula is C16H9Cl2N3O. The summed E-state index contributed by atoms with van der Waals surface area (Å²) in [4.78, 5) is 17.0. The van der Waals surface area contributed by atoms with E-state index in [1.54, 1.807) is 12.1 Å². The van der Waals surface area contributed by atoms with E-state index >= 15 is 0 Å². The lowest BCUT2D eigenvalue weighted by Crippen LogP contribution is -2.11. The molecule has 3 aromatic rings. The van der Waals surface area contributed by atoms with E-state index in [0.717, 1.165) is 10.9 Å². The quantitative estimate of drug-likeness (QED) is 0.619. The molecule has 108 valence electrons. The minimum Gasteiger partial charge on any atom is -0.338 e. The van der Waals surface area contributed by atoms with Crippen molar-refractivity contribution in [1.82, 2.24) is 4.98 Å². The van der Waals surface area contributed by atoms with E-state index in [9.17, 15) is 4.79 Å². The molecule has 4 rings (SSSR count). The molecule has 0 unspecified atom stereocenters. The summed E-state index contributed by atoms with van der Waals surface area (Å²) in [6.45, 7) is 0. The summed E-state index contributed by atoms with van der Waals surface area (Å²) in [5.41, 5.74) is 2.51. The minimum absolute atomic E-state index is 0.238. The number of hydrogen-bond donors (Lipinski definition) is 2. The maximum atomic E-state index is 12.4. The molecule has 0 saturated carbocycles. The summed E-state index contributed by atoms with van der Waals surface area (Å²) in [5.74, 6) is 0.256. The Hall–Kier alpha value is -2.30. The fraction of sp³-hybridized carbons (Fsp3) is 0. The SMILES string of the molecule is O=C1Nc2cc(Cl)c(Cl)cc2Nc2nc3ccccc3cc21. The van der Waals surface area contributed by atoms with E-state index in [0.29, 0.717) is 32.8 Å². The molecule has 2 N–H and O–H groups in total. The summed E-state index contributed by atoms with van der Waals surface area (Å²) in [7, 11) is 0. The molecule has 2 heterocycles. The average Bonchev–Trinajstić information content (AvgIpc) is 2.62. The number of rotatable bonds is 0. The molecule has 0 bridgehead atoms. The fourth-order valence-corrected chi connectivity index (χ4v) is 2.78. The van der Waals surface area contributed by atoms with Gasteiger partial charge in [0.15, 0.2) is 0 Å². The van der Waals surface area contributed by atoms with E-state index in [2.05, 4.69) is 15.6 Å². The van der Waals surface area contributed by atoms with Crippen LogP contribution in [0, 0.1) is 0 Å². The maximum absolute atomic E-state index is 12.4. The van der Waals surface area contributed by atoms with Crippen LogP contribution in [0.4, 0.5) is 17.2 Å². The Morgan fingerprint density at radius 1 is 0.909 bits per heavy atom. The normalized spacial score (nSPS) is 12.9. The van der Waals surface area contributed by atoms with Crippen LogP contribution in [0.5, 0.6) is 0 Å². The van der Waals surface area contributed by atoms with Crippen LogP contribution in [-0.2, 0) is 0 Å². The van der Waals surface area contributed by atoms with Crippen LogP contribution in [0.25, 0.3) is 10.9 Å². The number of halogens is 2. The van der Waals surface area contributed by atoms with Gasteiger partial charge < -0.3 is 10.6 Å². The van der Waals surface area contributed by atoms with Crippen molar-refractivity contribution in [3.05, 3.63) is 58.1 Å². The number of amides is 1. The molecule has 0 spiro atoms. The van der Waals surface area contributed by atoms with Crippen LogP contribution in [0.2, 0.25) is 10.0 Å². The van der Waals surface area contributed by atoms with Gasteiger partial charge in [0.2, 0.25) is 0 Å². The van der Waals surface area contributed by atoms with Gasteiger partial charge in [-0.15, -0.1) is 0 Å². The highest BCUT2D eigenvalue weighted by molar-refractivity contribution is 6.42. The molecule has 22 heavy (non-hydrogen) atoms. The monoisotopic (exact) mass is 329 g/mol. The van der Waals surface area contributed by atoms with Crippen molar-refractivity contribution in [3.63, 3.8) is 0 Å². The third-order valence-electron chi connectivity index (χ3n) is 3.53. The fourth-order valence-electron chi connectivity index (χ4n) is 2.46. The Labute approximate surface area is 136 Å². The predicted octanol–water partition coefficient (Wildman–Crippen LogP) is 4.85. The van der Waals surface area contributed by atoms with Crippen molar-refractivity contribution in [2.24, 2.45) is 0 Å². The first-order valence-electron chi connectivity index (χ1n) is 6.59. The molecule has 0 saturated heterocycles. The Morgan fingerprint density at radius 3 is 2.36 bits per heavy atom. The molecule has 0 atom stereocenters. The smallest absolute Gasteiger partial charge is 0.259 e. The third kappa shape index (κ3) is 2.08. The van der Waals surface area contributed by atoms with Crippen LogP contribution in [0.3, 0.4) is 0 Å². The first-order chi connectivity index (χ1) is 10.6. The summed E-state index contributed by atoms with van der Waals surface area (Å²) in [6, 6.07) is 12.7. The van der Waals surface area contributed by atoms with E-state index in [4.69, 9.17) is 23.2 Å². The number of para-hydroxylation sites is 1. The average molecular weight is 330 g/mol. The van der Waals surface area contributed by atoms with Crippen molar-refractivity contribution in [2.45, 2.75) is 0 Å². The second kappa shape index (κ2) is 4.87. The van der Waals surface area contributed by atoms with Gasteiger partial charge in [0, 0.05) is 5.39 Å². The molecule has 1 aliphatic rings. The zero-order valence-corrected chi connectivity index (χ0v) is 12.7. The number of anilines is 3. The number of benzene rings is 2. The van der Waals surface area contributed by atoms with Crippen LogP contribution >= 0.6 is 23.2 Å². The van der Waals surface area contributed by atoms with Gasteiger partial charge in [0.1, 0.15) is 5.82 Å². The second-order valence-electron chi connectivity index (χ2n) is 4.97. The van der Waals surface area contributed by atoms with Crippen LogP contribution in [0.15, 0.2) is 42.5 Å². The van der Waals surface area contributed by atoms with E-state index < -0.39 is 0 Å². The molecule has 6 heteroatoms. The number of carbonyl (C=O) groups is 1. The van der Waals surface area contributed by atoms with Crippen molar-refractivity contribution in [3.8, 4) is 0 Å². The van der Waals surface area contributed by atoms with Crippen molar-refractivity contribution < 1.29 is 4.79 Å². The van der Waals surface area contributed by atoms with Gasteiger partial charge in [-0.25, -0.2) is 4.98 Å². The number of pyridine rings is 1. The highest BCUT2D eigenvalue weighted by Gasteiger charge is 2.21. The van der Waals surface area contributed by atoms with E-state index in [1.165, 1.54) is 0 Å². The molecular weight excluding hydrogens is 321 g/mol. The van der Waals surface area contributed by atoms with Gasteiger partial charge in [-0.1, -0.05) is 41.4 Å². The number of nitrogens with one attached hydrogen (secondary N) is 2. The van der Waals surface area contributed by atoms with Gasteiger partial charge in [0.25, 0.3) is 5.91 Å². The molecule has 0 radical (unpaired) electrons. The first kappa shape index (κ1) is 13.4. The molecule has 4 nitrogen and oxygen atoms in total. The highest BCUT2D eigenvalue weighted by Crippen LogP contribution is 2.37. The lowest BCUT2D eigenvalue weighted by atomic mass is 10.1. The van der Waals surface area contributed by atoms with Gasteiger partial charge in [0.05, 0.1) is 32.5 Å². The minimum atomic E-state index is -0.238. The van der Waals surface area contributed by atoms with Crippen LogP contribution in [-0.4, -0.2) is 10.9 Å². The second-order valence-corrected chi connectivity index (χ2v) is 5.78. The van der Waals surface area contributed by atoms with E-state index in [1.807, 2.05) is 30.3 Å². The first-order valence-corrected chi connectivity index (χ1v) is 7.34. The van der Waals surface area contributed by atoms with Crippen LogP contribution in [0.1, 0.15) is 10.4 Å². The standard InChI is InChI=1S/C16H9Cl2N3O/c17-10-6-13-14(7-11(10)18)21-16(22)9-5-8-3-1-2-4-12(8)19-15(9)20-13/h1-7H,(H,19,20)(H,21,22). The molecule has 1 aliphatic heterocycles. The summed E-state index contributed by atoms with van der Waals surface area (Å²) >= 11 is 12.1.